The Balaban J connectivity index is 1.13. The second-order valence-corrected chi connectivity index (χ2v) is 11.7. The molecule has 0 atom stereocenters. The van der Waals surface area contributed by atoms with E-state index < -0.39 is 0 Å². The number of rotatable bonds is 8. The maximum Gasteiger partial charge on any atom is 0.227 e. The van der Waals surface area contributed by atoms with E-state index >= 15 is 0 Å². The van der Waals surface area contributed by atoms with Crippen molar-refractivity contribution < 1.29 is 4.74 Å². The zero-order valence-corrected chi connectivity index (χ0v) is 22.3. The lowest BCUT2D eigenvalue weighted by Crippen LogP contribution is -2.40. The number of hydrogen-bond acceptors (Lipinski definition) is 9. The Kier molecular flexibility index (Phi) is 8.06. The number of nitrogens with one attached hydrogen (secondary N) is 2. The molecular formula is C27H45N9O. The molecule has 4 fully saturated rings. The van der Waals surface area contributed by atoms with Crippen LogP contribution in [0.2, 0.25) is 0 Å². The van der Waals surface area contributed by atoms with E-state index in [1.54, 1.807) is 0 Å². The van der Waals surface area contributed by atoms with Crippen LogP contribution in [0.15, 0.2) is 6.33 Å². The molecule has 0 unspecified atom stereocenters. The summed E-state index contributed by atoms with van der Waals surface area (Å²) in [5, 5.41) is 5.98. The highest BCUT2D eigenvalue weighted by atomic mass is 16.5. The number of imidazole rings is 1. The van der Waals surface area contributed by atoms with Crippen molar-refractivity contribution >= 4 is 22.9 Å². The molecular weight excluding hydrogens is 466 g/mol. The lowest BCUT2D eigenvalue weighted by molar-refractivity contribution is 0.0338. The van der Waals surface area contributed by atoms with Crippen molar-refractivity contribution in [2.45, 2.75) is 88.8 Å². The van der Waals surface area contributed by atoms with Gasteiger partial charge in [0.1, 0.15) is 0 Å². The Hall–Kier alpha value is -2.01. The molecule has 0 spiro atoms. The fourth-order valence-corrected chi connectivity index (χ4v) is 6.63. The summed E-state index contributed by atoms with van der Waals surface area (Å²) in [5.41, 5.74) is 11.6. The molecule has 2 saturated heterocycles. The minimum absolute atomic E-state index is 0.333. The van der Waals surface area contributed by atoms with Crippen LogP contribution in [-0.2, 0) is 4.74 Å². The molecule has 2 aromatic heterocycles. The summed E-state index contributed by atoms with van der Waals surface area (Å²) in [6, 6.07) is 1.21. The van der Waals surface area contributed by atoms with Gasteiger partial charge in [-0.2, -0.15) is 9.97 Å². The minimum atomic E-state index is 0.333. The molecule has 204 valence electrons. The van der Waals surface area contributed by atoms with Gasteiger partial charge >= 0.3 is 0 Å². The zero-order valence-electron chi connectivity index (χ0n) is 22.3. The number of morpholine rings is 1. The molecule has 2 aliphatic heterocycles. The van der Waals surface area contributed by atoms with E-state index in [-0.39, 0.29) is 0 Å². The SMILES string of the molecule is N[C@H]1CC[C@H](Nc2nc(NN3CCC(CCN4CCOCC4)CC3)c3ncn(C4CCCC4)c3n2)CC1. The number of anilines is 2. The first-order valence-electron chi connectivity index (χ1n) is 14.8. The standard InChI is InChI=1S/C27H45N9O/c28-21-5-7-22(8-6-21)30-27-31-25(24-26(32-27)36(19-29-24)23-3-1-2-4-23)33-35-13-10-20(11-14-35)9-12-34-15-17-37-18-16-34/h19-23H,1-18,28H2,(H2,30,31,32,33)/t21-,22-. The topological polar surface area (TPSA) is 109 Å². The maximum absolute atomic E-state index is 6.14. The average molecular weight is 512 g/mol. The van der Waals surface area contributed by atoms with E-state index in [0.29, 0.717) is 18.1 Å². The fraction of sp³-hybridized carbons (Fsp3) is 0.815. The largest absolute Gasteiger partial charge is 0.379 e. The predicted octanol–water partition coefficient (Wildman–Crippen LogP) is 3.38. The molecule has 2 aliphatic carbocycles. The fourth-order valence-electron chi connectivity index (χ4n) is 6.63. The van der Waals surface area contributed by atoms with Crippen LogP contribution in [0.4, 0.5) is 11.8 Å². The molecule has 37 heavy (non-hydrogen) atoms. The third kappa shape index (κ3) is 6.19. The number of ether oxygens (including phenoxy) is 1. The molecule has 0 amide bonds. The van der Waals surface area contributed by atoms with Gasteiger partial charge in [-0.25, -0.2) is 9.99 Å². The van der Waals surface area contributed by atoms with Crippen molar-refractivity contribution in [3.05, 3.63) is 6.33 Å². The molecule has 4 N–H and O–H groups in total. The summed E-state index contributed by atoms with van der Waals surface area (Å²) in [7, 11) is 0. The Morgan fingerprint density at radius 1 is 0.919 bits per heavy atom. The van der Waals surface area contributed by atoms with Crippen molar-refractivity contribution in [3.8, 4) is 0 Å². The van der Waals surface area contributed by atoms with E-state index in [4.69, 9.17) is 25.4 Å². The summed E-state index contributed by atoms with van der Waals surface area (Å²) in [4.78, 5) is 17.3. The molecule has 0 radical (unpaired) electrons. The van der Waals surface area contributed by atoms with Crippen LogP contribution in [-0.4, -0.2) is 87.4 Å². The summed E-state index contributed by atoms with van der Waals surface area (Å²) >= 11 is 0. The first kappa shape index (κ1) is 25.3. The summed E-state index contributed by atoms with van der Waals surface area (Å²) in [6.07, 6.45) is 15.0. The van der Waals surface area contributed by atoms with Gasteiger partial charge in [0, 0.05) is 44.3 Å². The van der Waals surface area contributed by atoms with Crippen LogP contribution in [0.25, 0.3) is 11.2 Å². The van der Waals surface area contributed by atoms with E-state index in [9.17, 15) is 0 Å². The molecule has 0 aromatic carbocycles. The molecule has 4 aliphatic rings. The van der Waals surface area contributed by atoms with Crippen LogP contribution >= 0.6 is 0 Å². The van der Waals surface area contributed by atoms with E-state index in [1.807, 2.05) is 6.33 Å². The van der Waals surface area contributed by atoms with Crippen LogP contribution in [0.3, 0.4) is 0 Å². The van der Waals surface area contributed by atoms with Gasteiger partial charge in [-0.15, -0.1) is 0 Å². The molecule has 10 nitrogen and oxygen atoms in total. The highest BCUT2D eigenvalue weighted by Gasteiger charge is 2.26. The third-order valence-corrected chi connectivity index (χ3v) is 9.08. The van der Waals surface area contributed by atoms with Crippen LogP contribution in [0.1, 0.15) is 76.7 Å². The van der Waals surface area contributed by atoms with Gasteiger partial charge in [0.2, 0.25) is 5.95 Å². The van der Waals surface area contributed by atoms with Gasteiger partial charge in [-0.05, 0) is 70.3 Å². The second kappa shape index (κ2) is 11.8. The number of piperidine rings is 1. The Labute approximate surface area is 220 Å². The molecule has 2 aromatic rings. The summed E-state index contributed by atoms with van der Waals surface area (Å²) in [5.74, 6) is 2.35. The minimum Gasteiger partial charge on any atom is -0.379 e. The number of nitrogens with zero attached hydrogens (tertiary/aromatic N) is 6. The van der Waals surface area contributed by atoms with E-state index in [2.05, 4.69) is 25.2 Å². The maximum atomic E-state index is 6.14. The van der Waals surface area contributed by atoms with Gasteiger partial charge in [0.05, 0.1) is 19.5 Å². The number of hydrazine groups is 1. The molecule has 10 heteroatoms. The van der Waals surface area contributed by atoms with E-state index in [0.717, 1.165) is 93.9 Å². The normalized spacial score (nSPS) is 27.2. The monoisotopic (exact) mass is 511 g/mol. The average Bonchev–Trinajstić information content (AvgIpc) is 3.61. The summed E-state index contributed by atoms with van der Waals surface area (Å²) < 4.78 is 7.80. The van der Waals surface area contributed by atoms with Crippen LogP contribution < -0.4 is 16.5 Å². The quantitative estimate of drug-likeness (QED) is 0.491. The number of aromatic nitrogens is 4. The van der Waals surface area contributed by atoms with Crippen LogP contribution in [0, 0.1) is 5.92 Å². The Bertz CT molecular complexity index is 1000. The lowest BCUT2D eigenvalue weighted by atomic mass is 9.92. The molecule has 6 rings (SSSR count). The van der Waals surface area contributed by atoms with Gasteiger partial charge in [0.15, 0.2) is 17.0 Å². The number of fused-ring (bicyclic) bond motifs is 1. The number of nitrogens with two attached hydrogens (primary N) is 1. The summed E-state index contributed by atoms with van der Waals surface area (Å²) in [6.45, 7) is 7.21. The highest BCUT2D eigenvalue weighted by Crippen LogP contribution is 2.34. The first-order chi connectivity index (χ1) is 18.2. The van der Waals surface area contributed by atoms with Crippen molar-refractivity contribution in [1.29, 1.82) is 0 Å². The molecule has 0 bridgehead atoms. The number of hydrogen-bond donors (Lipinski definition) is 3. The van der Waals surface area contributed by atoms with Crippen molar-refractivity contribution in [1.82, 2.24) is 29.4 Å². The van der Waals surface area contributed by atoms with Crippen molar-refractivity contribution in [3.63, 3.8) is 0 Å². The highest BCUT2D eigenvalue weighted by molar-refractivity contribution is 5.84. The van der Waals surface area contributed by atoms with Crippen molar-refractivity contribution in [2.24, 2.45) is 11.7 Å². The molecule has 2 saturated carbocycles. The van der Waals surface area contributed by atoms with Gasteiger partial charge in [-0.3, -0.25) is 4.90 Å². The lowest BCUT2D eigenvalue weighted by Gasteiger charge is -2.34. The van der Waals surface area contributed by atoms with Gasteiger partial charge in [-0.1, -0.05) is 12.8 Å². The Morgan fingerprint density at radius 3 is 2.43 bits per heavy atom. The first-order valence-corrected chi connectivity index (χ1v) is 14.8. The van der Waals surface area contributed by atoms with Gasteiger partial charge < -0.3 is 25.8 Å². The molecule has 4 heterocycles. The second-order valence-electron chi connectivity index (χ2n) is 11.7. The zero-order chi connectivity index (χ0) is 25.0. The Morgan fingerprint density at radius 2 is 1.68 bits per heavy atom. The van der Waals surface area contributed by atoms with Gasteiger partial charge in [0.25, 0.3) is 0 Å². The third-order valence-electron chi connectivity index (χ3n) is 9.08. The predicted molar refractivity (Wildman–Crippen MR) is 146 cm³/mol. The smallest absolute Gasteiger partial charge is 0.227 e. The van der Waals surface area contributed by atoms with Crippen molar-refractivity contribution in [2.75, 3.05) is 56.7 Å². The van der Waals surface area contributed by atoms with Crippen LogP contribution in [0.5, 0.6) is 0 Å². The van der Waals surface area contributed by atoms with E-state index in [1.165, 1.54) is 51.5 Å².